The fraction of sp³-hybridized carbons (Fsp3) is 0.944. The predicted octanol–water partition coefficient (Wildman–Crippen LogP) is 8.28. The van der Waals surface area contributed by atoms with Crippen LogP contribution in [0, 0.1) is 0 Å². The van der Waals surface area contributed by atoms with Crippen molar-refractivity contribution in [2.75, 3.05) is 72.6 Å². The van der Waals surface area contributed by atoms with Crippen LogP contribution in [0.5, 0.6) is 0 Å². The molecule has 44 heavy (non-hydrogen) atoms. The molecule has 0 radical (unpaired) electrons. The Kier molecular flexibility index (Phi) is 31.4. The summed E-state index contributed by atoms with van der Waals surface area (Å²) < 4.78 is 11.2. The van der Waals surface area contributed by atoms with Crippen molar-refractivity contribution in [1.29, 1.82) is 0 Å². The summed E-state index contributed by atoms with van der Waals surface area (Å²) in [5, 5.41) is 0. The van der Waals surface area contributed by atoms with Crippen molar-refractivity contribution < 1.29 is 19.1 Å². The molecule has 7 nitrogen and oxygen atoms in total. The maximum atomic E-state index is 12.3. The third-order valence-corrected chi connectivity index (χ3v) is 8.85. The van der Waals surface area contributed by atoms with Crippen molar-refractivity contribution in [3.8, 4) is 0 Å². The molecule has 1 saturated heterocycles. The molecule has 0 aromatic rings. The van der Waals surface area contributed by atoms with Gasteiger partial charge in [0.15, 0.2) is 0 Å². The number of hydrogen-bond acceptors (Lipinski definition) is 7. The summed E-state index contributed by atoms with van der Waals surface area (Å²) in [4.78, 5) is 31.8. The van der Waals surface area contributed by atoms with Gasteiger partial charge in [0.05, 0.1) is 0 Å². The molecule has 1 rings (SSSR count). The Balaban J connectivity index is 0.0000185. The van der Waals surface area contributed by atoms with Crippen LogP contribution < -0.4 is 0 Å². The number of piperazine rings is 1. The third-order valence-electron chi connectivity index (χ3n) is 8.85. The molecule has 1 heterocycles. The van der Waals surface area contributed by atoms with E-state index in [4.69, 9.17) is 9.47 Å². The Labute approximate surface area is 278 Å². The van der Waals surface area contributed by atoms with Gasteiger partial charge < -0.3 is 19.3 Å². The standard InChI is InChI=1S/C36H71N3O4.ClH/c1-4-6-8-10-12-14-16-18-20-23-35(40)42-33-31-39(26-22-25-38-29-27-37(3)28-30-38)32-34-43-36(41)24-21-19-17-15-13-11-9-7-5-2;/h4-34H2,1-3H3;1H. The molecular formula is C36H72ClN3O4. The summed E-state index contributed by atoms with van der Waals surface area (Å²) in [6.07, 6.45) is 24.6. The van der Waals surface area contributed by atoms with Gasteiger partial charge in [0.25, 0.3) is 0 Å². The highest BCUT2D eigenvalue weighted by atomic mass is 35.5. The summed E-state index contributed by atoms with van der Waals surface area (Å²) in [6, 6.07) is 0. The molecule has 0 N–H and O–H groups in total. The molecule has 1 aliphatic heterocycles. The molecule has 0 aliphatic carbocycles. The minimum Gasteiger partial charge on any atom is -0.464 e. The lowest BCUT2D eigenvalue weighted by Gasteiger charge is -2.33. The average Bonchev–Trinajstić information content (AvgIpc) is 3.00. The fourth-order valence-electron chi connectivity index (χ4n) is 5.81. The van der Waals surface area contributed by atoms with Gasteiger partial charge in [-0.25, -0.2) is 0 Å². The van der Waals surface area contributed by atoms with Gasteiger partial charge in [-0.2, -0.15) is 0 Å². The van der Waals surface area contributed by atoms with E-state index in [1.807, 2.05) is 0 Å². The zero-order chi connectivity index (χ0) is 31.2. The largest absolute Gasteiger partial charge is 0.464 e. The third kappa shape index (κ3) is 27.4. The Morgan fingerprint density at radius 1 is 0.545 bits per heavy atom. The van der Waals surface area contributed by atoms with Gasteiger partial charge in [0.2, 0.25) is 0 Å². The minimum absolute atomic E-state index is 0. The van der Waals surface area contributed by atoms with Crippen LogP contribution in [0.3, 0.4) is 0 Å². The van der Waals surface area contributed by atoms with Crippen LogP contribution in [-0.2, 0) is 19.1 Å². The van der Waals surface area contributed by atoms with Gasteiger partial charge in [0.1, 0.15) is 13.2 Å². The maximum absolute atomic E-state index is 12.3. The molecule has 0 spiro atoms. The number of carbonyl (C=O) groups excluding carboxylic acids is 2. The van der Waals surface area contributed by atoms with Gasteiger partial charge >= 0.3 is 11.9 Å². The van der Waals surface area contributed by atoms with Crippen molar-refractivity contribution in [3.63, 3.8) is 0 Å². The van der Waals surface area contributed by atoms with E-state index in [9.17, 15) is 9.59 Å². The molecule has 8 heteroatoms. The summed E-state index contributed by atoms with van der Waals surface area (Å²) in [5.41, 5.74) is 0. The van der Waals surface area contributed by atoms with Crippen LogP contribution in [0.2, 0.25) is 0 Å². The molecule has 0 amide bonds. The molecule has 262 valence electrons. The first-order valence-corrected chi connectivity index (χ1v) is 18.5. The van der Waals surface area contributed by atoms with E-state index in [0.29, 0.717) is 39.1 Å². The fourth-order valence-corrected chi connectivity index (χ4v) is 5.81. The van der Waals surface area contributed by atoms with Crippen LogP contribution in [0.25, 0.3) is 0 Å². The smallest absolute Gasteiger partial charge is 0.305 e. The minimum atomic E-state index is -0.0762. The van der Waals surface area contributed by atoms with E-state index in [1.165, 1.54) is 89.9 Å². The predicted molar refractivity (Wildman–Crippen MR) is 188 cm³/mol. The number of hydrogen-bond donors (Lipinski definition) is 0. The summed E-state index contributed by atoms with van der Waals surface area (Å²) in [7, 11) is 2.19. The molecule has 0 aromatic carbocycles. The summed E-state index contributed by atoms with van der Waals surface area (Å²) in [5.74, 6) is -0.152. The number of likely N-dealkylation sites (N-methyl/N-ethyl adjacent to an activating group) is 1. The molecule has 0 atom stereocenters. The lowest BCUT2D eigenvalue weighted by Crippen LogP contribution is -2.45. The maximum Gasteiger partial charge on any atom is 0.305 e. The molecule has 0 bridgehead atoms. The van der Waals surface area contributed by atoms with Crippen LogP contribution in [-0.4, -0.2) is 99.3 Å². The number of rotatable bonds is 30. The van der Waals surface area contributed by atoms with Crippen LogP contribution in [0.15, 0.2) is 0 Å². The molecule has 0 saturated carbocycles. The lowest BCUT2D eigenvalue weighted by molar-refractivity contribution is -0.144. The number of ether oxygens (including phenoxy) is 2. The van der Waals surface area contributed by atoms with Crippen molar-refractivity contribution in [1.82, 2.24) is 14.7 Å². The van der Waals surface area contributed by atoms with Crippen LogP contribution >= 0.6 is 12.4 Å². The van der Waals surface area contributed by atoms with Crippen molar-refractivity contribution in [3.05, 3.63) is 0 Å². The van der Waals surface area contributed by atoms with Gasteiger partial charge in [-0.05, 0) is 39.4 Å². The Morgan fingerprint density at radius 2 is 0.932 bits per heavy atom. The Bertz CT molecular complexity index is 607. The monoisotopic (exact) mass is 646 g/mol. The van der Waals surface area contributed by atoms with Crippen molar-refractivity contribution in [2.45, 2.75) is 149 Å². The quantitative estimate of drug-likeness (QED) is 0.0575. The number of carbonyl (C=O) groups is 2. The average molecular weight is 646 g/mol. The Morgan fingerprint density at radius 3 is 1.34 bits per heavy atom. The number of halogens is 1. The van der Waals surface area contributed by atoms with Crippen LogP contribution in [0.1, 0.15) is 149 Å². The molecule has 0 aromatic heterocycles. The zero-order valence-electron chi connectivity index (χ0n) is 29.3. The van der Waals surface area contributed by atoms with Crippen LogP contribution in [0.4, 0.5) is 0 Å². The molecular weight excluding hydrogens is 574 g/mol. The summed E-state index contributed by atoms with van der Waals surface area (Å²) in [6.45, 7) is 13.3. The van der Waals surface area contributed by atoms with Gasteiger partial charge in [-0.15, -0.1) is 12.4 Å². The molecule has 0 unspecified atom stereocenters. The second-order valence-corrected chi connectivity index (χ2v) is 12.9. The van der Waals surface area contributed by atoms with E-state index in [-0.39, 0.29) is 24.3 Å². The topological polar surface area (TPSA) is 62.3 Å². The SMILES string of the molecule is CCCCCCCCCCCC(=O)OCCN(CCCN1CCN(C)CC1)CCOC(=O)CCCCCCCCCCC.Cl. The van der Waals surface area contributed by atoms with Crippen molar-refractivity contribution in [2.24, 2.45) is 0 Å². The van der Waals surface area contributed by atoms with Gasteiger partial charge in [-0.3, -0.25) is 14.5 Å². The molecule has 1 aliphatic rings. The number of nitrogens with zero attached hydrogens (tertiary/aromatic N) is 3. The summed E-state index contributed by atoms with van der Waals surface area (Å²) >= 11 is 0. The van der Waals surface area contributed by atoms with Gasteiger partial charge in [-0.1, -0.05) is 117 Å². The highest BCUT2D eigenvalue weighted by molar-refractivity contribution is 5.85. The normalized spacial score (nSPS) is 14.1. The number of esters is 2. The van der Waals surface area contributed by atoms with Crippen molar-refractivity contribution >= 4 is 24.3 Å². The second-order valence-electron chi connectivity index (χ2n) is 12.9. The molecule has 1 fully saturated rings. The van der Waals surface area contributed by atoms with E-state index >= 15 is 0 Å². The Hall–Kier alpha value is -0.890. The first-order chi connectivity index (χ1) is 21.0. The first-order valence-electron chi connectivity index (χ1n) is 18.5. The van der Waals surface area contributed by atoms with E-state index in [0.717, 1.165) is 71.4 Å². The number of unbranched alkanes of at least 4 members (excludes halogenated alkanes) is 16. The van der Waals surface area contributed by atoms with E-state index < -0.39 is 0 Å². The van der Waals surface area contributed by atoms with E-state index in [2.05, 4.69) is 35.6 Å². The first kappa shape index (κ1) is 43.1. The lowest BCUT2D eigenvalue weighted by atomic mass is 10.1. The highest BCUT2D eigenvalue weighted by Gasteiger charge is 2.15. The van der Waals surface area contributed by atoms with E-state index in [1.54, 1.807) is 0 Å². The zero-order valence-corrected chi connectivity index (χ0v) is 30.1. The highest BCUT2D eigenvalue weighted by Crippen LogP contribution is 2.12. The second kappa shape index (κ2) is 32.1. The van der Waals surface area contributed by atoms with Gasteiger partial charge in [0, 0.05) is 52.1 Å².